The molecule has 1 amide bonds. The van der Waals surface area contributed by atoms with Crippen molar-refractivity contribution in [2.75, 3.05) is 19.1 Å². The lowest BCUT2D eigenvalue weighted by molar-refractivity contribution is -0.113. The molecule has 0 aliphatic carbocycles. The van der Waals surface area contributed by atoms with Gasteiger partial charge in [0.05, 0.1) is 30.5 Å². The summed E-state index contributed by atoms with van der Waals surface area (Å²) in [5.74, 6) is 1.09. The SMILES string of the molecule is COc1ccc(/C=C2\S/C(=N/c3nc(-c4ccccc4)cs3)N(c3ccccc3)C2=O)cc1OC. The summed E-state index contributed by atoms with van der Waals surface area (Å²) in [5, 5.41) is 3.12. The largest absolute Gasteiger partial charge is 0.493 e. The van der Waals surface area contributed by atoms with Crippen molar-refractivity contribution in [1.29, 1.82) is 0 Å². The van der Waals surface area contributed by atoms with Crippen molar-refractivity contribution in [2.24, 2.45) is 4.99 Å². The van der Waals surface area contributed by atoms with Crippen molar-refractivity contribution in [3.8, 4) is 22.8 Å². The van der Waals surface area contributed by atoms with Crippen LogP contribution in [0.3, 0.4) is 0 Å². The Morgan fingerprint density at radius 1 is 0.914 bits per heavy atom. The maximum atomic E-state index is 13.5. The molecule has 2 heterocycles. The van der Waals surface area contributed by atoms with Crippen molar-refractivity contribution in [1.82, 2.24) is 4.98 Å². The number of hydrogen-bond acceptors (Lipinski definition) is 7. The molecule has 0 saturated carbocycles. The highest BCUT2D eigenvalue weighted by atomic mass is 32.2. The first-order chi connectivity index (χ1) is 17.2. The Balaban J connectivity index is 1.52. The number of thioether (sulfide) groups is 1. The maximum Gasteiger partial charge on any atom is 0.271 e. The fourth-order valence-electron chi connectivity index (χ4n) is 3.59. The van der Waals surface area contributed by atoms with Crippen LogP contribution >= 0.6 is 23.1 Å². The van der Waals surface area contributed by atoms with E-state index >= 15 is 0 Å². The minimum atomic E-state index is -0.144. The second-order valence-electron chi connectivity index (χ2n) is 7.48. The van der Waals surface area contributed by atoms with Gasteiger partial charge in [-0.25, -0.2) is 4.98 Å². The molecule has 6 nitrogen and oxygen atoms in total. The number of nitrogens with zero attached hydrogens (tertiary/aromatic N) is 3. The van der Waals surface area contributed by atoms with Crippen LogP contribution in [-0.4, -0.2) is 30.3 Å². The smallest absolute Gasteiger partial charge is 0.271 e. The molecule has 1 aromatic heterocycles. The molecular formula is C27H21N3O3S2. The molecule has 1 saturated heterocycles. The van der Waals surface area contributed by atoms with Gasteiger partial charge in [-0.1, -0.05) is 54.6 Å². The standard InChI is InChI=1S/C27H21N3O3S2/c1-32-22-14-13-18(15-23(22)33-2)16-24-25(31)30(20-11-7-4-8-12-20)27(35-24)29-26-28-21(17-34-26)19-9-5-3-6-10-19/h3-17H,1-2H3/b24-16-,29-27+. The molecule has 1 aliphatic rings. The van der Waals surface area contributed by atoms with Gasteiger partial charge in [-0.15, -0.1) is 11.3 Å². The first-order valence-corrected chi connectivity index (χ1v) is 12.5. The number of para-hydroxylation sites is 1. The molecule has 0 spiro atoms. The van der Waals surface area contributed by atoms with E-state index in [0.717, 1.165) is 22.5 Å². The number of amides is 1. The molecule has 5 rings (SSSR count). The minimum Gasteiger partial charge on any atom is -0.493 e. The number of thiazole rings is 1. The van der Waals surface area contributed by atoms with Gasteiger partial charge in [-0.3, -0.25) is 9.69 Å². The van der Waals surface area contributed by atoms with E-state index in [9.17, 15) is 4.79 Å². The quantitative estimate of drug-likeness (QED) is 0.278. The van der Waals surface area contributed by atoms with Crippen molar-refractivity contribution in [3.05, 3.63) is 94.7 Å². The average Bonchev–Trinajstić information content (AvgIpc) is 3.49. The van der Waals surface area contributed by atoms with Gasteiger partial charge < -0.3 is 9.47 Å². The van der Waals surface area contributed by atoms with Gasteiger partial charge in [0.15, 0.2) is 16.7 Å². The third-order valence-corrected chi connectivity index (χ3v) is 6.98. The van der Waals surface area contributed by atoms with Gasteiger partial charge in [-0.2, -0.15) is 4.99 Å². The highest BCUT2D eigenvalue weighted by Gasteiger charge is 2.35. The number of amidine groups is 1. The molecule has 0 atom stereocenters. The predicted octanol–water partition coefficient (Wildman–Crippen LogP) is 6.64. The molecular weight excluding hydrogens is 478 g/mol. The fourth-order valence-corrected chi connectivity index (χ4v) is 5.32. The molecule has 174 valence electrons. The first kappa shape index (κ1) is 22.9. The summed E-state index contributed by atoms with van der Waals surface area (Å²) >= 11 is 2.77. The number of ether oxygens (including phenoxy) is 2. The number of benzene rings is 3. The van der Waals surface area contributed by atoms with Gasteiger partial charge in [-0.05, 0) is 47.7 Å². The van der Waals surface area contributed by atoms with Crippen LogP contribution in [0.25, 0.3) is 17.3 Å². The van der Waals surface area contributed by atoms with Crippen molar-refractivity contribution < 1.29 is 14.3 Å². The monoisotopic (exact) mass is 499 g/mol. The van der Waals surface area contributed by atoms with Gasteiger partial charge >= 0.3 is 0 Å². The minimum absolute atomic E-state index is 0.144. The molecule has 0 bridgehead atoms. The van der Waals surface area contributed by atoms with E-state index in [1.807, 2.05) is 90.3 Å². The zero-order valence-corrected chi connectivity index (χ0v) is 20.7. The second kappa shape index (κ2) is 10.2. The molecule has 3 aromatic carbocycles. The number of aliphatic imine (C=N–C) groups is 1. The van der Waals surface area contributed by atoms with E-state index in [4.69, 9.17) is 14.5 Å². The third kappa shape index (κ3) is 4.84. The van der Waals surface area contributed by atoms with Crippen LogP contribution in [0.4, 0.5) is 10.8 Å². The van der Waals surface area contributed by atoms with Crippen molar-refractivity contribution in [2.45, 2.75) is 0 Å². The highest BCUT2D eigenvalue weighted by molar-refractivity contribution is 8.19. The normalized spacial score (nSPS) is 15.7. The molecule has 0 N–H and O–H groups in total. The summed E-state index contributed by atoms with van der Waals surface area (Å²) < 4.78 is 10.7. The molecule has 0 radical (unpaired) electrons. The molecule has 0 unspecified atom stereocenters. The van der Waals surface area contributed by atoms with E-state index in [1.165, 1.54) is 23.1 Å². The molecule has 35 heavy (non-hydrogen) atoms. The lowest BCUT2D eigenvalue weighted by Gasteiger charge is -2.14. The summed E-state index contributed by atoms with van der Waals surface area (Å²) in [6, 6.07) is 25.0. The first-order valence-electron chi connectivity index (χ1n) is 10.8. The predicted molar refractivity (Wildman–Crippen MR) is 144 cm³/mol. The van der Waals surface area contributed by atoms with Crippen LogP contribution in [0.15, 0.2) is 94.1 Å². The van der Waals surface area contributed by atoms with Gasteiger partial charge in [0.25, 0.3) is 5.91 Å². The summed E-state index contributed by atoms with van der Waals surface area (Å²) in [7, 11) is 3.18. The van der Waals surface area contributed by atoms with Gasteiger partial charge in [0.2, 0.25) is 5.13 Å². The van der Waals surface area contributed by atoms with Gasteiger partial charge in [0.1, 0.15) is 0 Å². The number of aromatic nitrogens is 1. The lowest BCUT2D eigenvalue weighted by atomic mass is 10.2. The number of carbonyl (C=O) groups excluding carboxylic acids is 1. The number of hydrogen-bond donors (Lipinski definition) is 0. The maximum absolute atomic E-state index is 13.5. The van der Waals surface area contributed by atoms with E-state index in [2.05, 4.69) is 4.98 Å². The molecule has 4 aromatic rings. The van der Waals surface area contributed by atoms with E-state index in [-0.39, 0.29) is 5.91 Å². The number of methoxy groups -OCH3 is 2. The summed E-state index contributed by atoms with van der Waals surface area (Å²) in [4.78, 5) is 25.1. The molecule has 1 aliphatic heterocycles. The summed E-state index contributed by atoms with van der Waals surface area (Å²) in [6.45, 7) is 0. The Bertz CT molecular complexity index is 1420. The van der Waals surface area contributed by atoms with E-state index in [0.29, 0.717) is 26.7 Å². The number of carbonyl (C=O) groups is 1. The third-order valence-electron chi connectivity index (χ3n) is 5.28. The average molecular weight is 500 g/mol. The highest BCUT2D eigenvalue weighted by Crippen LogP contribution is 2.39. The van der Waals surface area contributed by atoms with E-state index < -0.39 is 0 Å². The van der Waals surface area contributed by atoms with Crippen LogP contribution < -0.4 is 14.4 Å². The van der Waals surface area contributed by atoms with Crippen LogP contribution in [0.5, 0.6) is 11.5 Å². The second-order valence-corrected chi connectivity index (χ2v) is 9.32. The van der Waals surface area contributed by atoms with Gasteiger partial charge in [0, 0.05) is 10.9 Å². The number of rotatable bonds is 6. The van der Waals surface area contributed by atoms with Crippen LogP contribution in [0.1, 0.15) is 5.56 Å². The summed E-state index contributed by atoms with van der Waals surface area (Å²) in [5.41, 5.74) is 3.46. The lowest BCUT2D eigenvalue weighted by Crippen LogP contribution is -2.28. The Kier molecular flexibility index (Phi) is 6.65. The van der Waals surface area contributed by atoms with Crippen LogP contribution in [0, 0.1) is 0 Å². The van der Waals surface area contributed by atoms with Crippen molar-refractivity contribution in [3.63, 3.8) is 0 Å². The zero-order valence-electron chi connectivity index (χ0n) is 19.0. The van der Waals surface area contributed by atoms with Crippen LogP contribution in [0.2, 0.25) is 0 Å². The Hall–Kier alpha value is -3.88. The Morgan fingerprint density at radius 2 is 1.63 bits per heavy atom. The fraction of sp³-hybridized carbons (Fsp3) is 0.0741. The Morgan fingerprint density at radius 3 is 2.34 bits per heavy atom. The van der Waals surface area contributed by atoms with E-state index in [1.54, 1.807) is 19.1 Å². The Labute approximate surface area is 211 Å². The topological polar surface area (TPSA) is 64.0 Å². The summed E-state index contributed by atoms with van der Waals surface area (Å²) in [6.07, 6.45) is 1.84. The molecule has 1 fully saturated rings. The van der Waals surface area contributed by atoms with Crippen LogP contribution in [-0.2, 0) is 4.79 Å². The van der Waals surface area contributed by atoms with Crippen molar-refractivity contribution >= 4 is 51.1 Å². The zero-order chi connectivity index (χ0) is 24.2. The number of anilines is 1. The molecule has 8 heteroatoms.